The van der Waals surface area contributed by atoms with E-state index in [1.165, 1.54) is 6.07 Å². The van der Waals surface area contributed by atoms with Crippen molar-refractivity contribution < 1.29 is 4.74 Å². The zero-order chi connectivity index (χ0) is 16.2. The van der Waals surface area contributed by atoms with Crippen LogP contribution in [0.5, 0.6) is 0 Å². The van der Waals surface area contributed by atoms with Crippen molar-refractivity contribution in [3.63, 3.8) is 0 Å². The SMILES string of the molecule is Cc1cc(=O)[nH]c(CNc2cc(N3CCOCC3)nc(N)n2)n1. The number of aromatic amines is 1. The summed E-state index contributed by atoms with van der Waals surface area (Å²) in [6, 6.07) is 3.28. The fourth-order valence-corrected chi connectivity index (χ4v) is 2.40. The van der Waals surface area contributed by atoms with Crippen LogP contribution in [0.1, 0.15) is 11.5 Å². The van der Waals surface area contributed by atoms with Gasteiger partial charge in [0.2, 0.25) is 5.95 Å². The predicted octanol–water partition coefficient (Wildman–Crippen LogP) is -0.101. The monoisotopic (exact) mass is 317 g/mol. The number of nitrogens with one attached hydrogen (secondary N) is 2. The second kappa shape index (κ2) is 6.61. The van der Waals surface area contributed by atoms with Crippen molar-refractivity contribution >= 4 is 17.6 Å². The van der Waals surface area contributed by atoms with Gasteiger partial charge in [0.1, 0.15) is 17.5 Å². The first-order valence-corrected chi connectivity index (χ1v) is 7.38. The summed E-state index contributed by atoms with van der Waals surface area (Å²) in [5, 5.41) is 3.11. The maximum Gasteiger partial charge on any atom is 0.251 e. The molecule has 0 amide bonds. The molecule has 23 heavy (non-hydrogen) atoms. The van der Waals surface area contributed by atoms with Crippen molar-refractivity contribution in [2.24, 2.45) is 0 Å². The molecule has 0 saturated carbocycles. The number of H-pyrrole nitrogens is 1. The standard InChI is InChI=1S/C14H19N7O2/c1-9-6-13(22)18-11(17-9)8-16-10-7-12(20-14(15)19-10)21-2-4-23-5-3-21/h6-7H,2-5,8H2,1H3,(H,17,18,22)(H3,15,16,19,20). The first kappa shape index (κ1) is 15.2. The van der Waals surface area contributed by atoms with Gasteiger partial charge in [0.05, 0.1) is 19.8 Å². The fraction of sp³-hybridized carbons (Fsp3) is 0.429. The Kier molecular flexibility index (Phi) is 4.38. The van der Waals surface area contributed by atoms with Crippen LogP contribution in [0.2, 0.25) is 0 Å². The highest BCUT2D eigenvalue weighted by Gasteiger charge is 2.14. The van der Waals surface area contributed by atoms with E-state index in [0.717, 1.165) is 18.9 Å². The lowest BCUT2D eigenvalue weighted by molar-refractivity contribution is 0.122. The van der Waals surface area contributed by atoms with Gasteiger partial charge in [-0.05, 0) is 6.92 Å². The molecular formula is C14H19N7O2. The number of aromatic nitrogens is 4. The maximum atomic E-state index is 11.4. The minimum Gasteiger partial charge on any atom is -0.378 e. The van der Waals surface area contributed by atoms with Crippen LogP contribution in [0.15, 0.2) is 16.9 Å². The van der Waals surface area contributed by atoms with Gasteiger partial charge in [0.25, 0.3) is 5.56 Å². The molecule has 1 aliphatic heterocycles. The minimum absolute atomic E-state index is 0.175. The number of ether oxygens (including phenoxy) is 1. The topological polar surface area (TPSA) is 122 Å². The zero-order valence-electron chi connectivity index (χ0n) is 12.9. The highest BCUT2D eigenvalue weighted by atomic mass is 16.5. The van der Waals surface area contributed by atoms with Gasteiger partial charge in [-0.25, -0.2) is 4.98 Å². The van der Waals surface area contributed by atoms with Gasteiger partial charge in [0.15, 0.2) is 0 Å². The Morgan fingerprint density at radius 1 is 1.30 bits per heavy atom. The molecule has 0 atom stereocenters. The summed E-state index contributed by atoms with van der Waals surface area (Å²) >= 11 is 0. The molecule has 1 saturated heterocycles. The largest absolute Gasteiger partial charge is 0.378 e. The van der Waals surface area contributed by atoms with E-state index in [1.807, 2.05) is 6.07 Å². The molecule has 0 radical (unpaired) electrons. The van der Waals surface area contributed by atoms with Gasteiger partial charge in [-0.3, -0.25) is 4.79 Å². The smallest absolute Gasteiger partial charge is 0.251 e. The van der Waals surface area contributed by atoms with Crippen molar-refractivity contribution in [2.45, 2.75) is 13.5 Å². The molecule has 3 rings (SSSR count). The van der Waals surface area contributed by atoms with Crippen molar-refractivity contribution in [3.8, 4) is 0 Å². The lowest BCUT2D eigenvalue weighted by Gasteiger charge is -2.28. The number of hydrogen-bond acceptors (Lipinski definition) is 8. The number of morpholine rings is 1. The van der Waals surface area contributed by atoms with E-state index in [1.54, 1.807) is 6.92 Å². The second-order valence-electron chi connectivity index (χ2n) is 5.26. The molecule has 0 spiro atoms. The molecule has 0 bridgehead atoms. The number of aryl methyl sites for hydroxylation is 1. The summed E-state index contributed by atoms with van der Waals surface area (Å²) in [6.45, 7) is 4.99. The van der Waals surface area contributed by atoms with Gasteiger partial charge < -0.3 is 25.7 Å². The van der Waals surface area contributed by atoms with Crippen LogP contribution in [0.3, 0.4) is 0 Å². The normalized spacial score (nSPS) is 14.7. The molecule has 2 aromatic heterocycles. The fourth-order valence-electron chi connectivity index (χ4n) is 2.40. The van der Waals surface area contributed by atoms with Crippen LogP contribution in [0.25, 0.3) is 0 Å². The summed E-state index contributed by atoms with van der Waals surface area (Å²) in [5.41, 5.74) is 6.28. The van der Waals surface area contributed by atoms with Crippen molar-refractivity contribution in [3.05, 3.63) is 34.0 Å². The average Bonchev–Trinajstić information content (AvgIpc) is 2.52. The molecule has 0 unspecified atom stereocenters. The molecule has 4 N–H and O–H groups in total. The van der Waals surface area contributed by atoms with Crippen molar-refractivity contribution in [1.29, 1.82) is 0 Å². The Morgan fingerprint density at radius 2 is 2.09 bits per heavy atom. The number of nitrogen functional groups attached to an aromatic ring is 1. The van der Waals surface area contributed by atoms with Gasteiger partial charge in [-0.15, -0.1) is 0 Å². The van der Waals surface area contributed by atoms with E-state index in [0.29, 0.717) is 37.1 Å². The van der Waals surface area contributed by atoms with E-state index in [2.05, 4.69) is 30.2 Å². The second-order valence-corrected chi connectivity index (χ2v) is 5.26. The minimum atomic E-state index is -0.175. The third-order valence-corrected chi connectivity index (χ3v) is 3.42. The molecule has 122 valence electrons. The molecule has 1 aliphatic rings. The third-order valence-electron chi connectivity index (χ3n) is 3.42. The molecular weight excluding hydrogens is 298 g/mol. The van der Waals surface area contributed by atoms with Crippen LogP contribution < -0.4 is 21.5 Å². The predicted molar refractivity (Wildman–Crippen MR) is 86.4 cm³/mol. The van der Waals surface area contributed by atoms with Crippen LogP contribution in [-0.4, -0.2) is 46.2 Å². The summed E-state index contributed by atoms with van der Waals surface area (Å²) in [6.07, 6.45) is 0. The lowest BCUT2D eigenvalue weighted by Crippen LogP contribution is -2.37. The van der Waals surface area contributed by atoms with Crippen LogP contribution >= 0.6 is 0 Å². The summed E-state index contributed by atoms with van der Waals surface area (Å²) < 4.78 is 5.34. The van der Waals surface area contributed by atoms with E-state index in [9.17, 15) is 4.79 Å². The Bertz CT molecular complexity index is 740. The Morgan fingerprint density at radius 3 is 2.83 bits per heavy atom. The molecule has 0 aliphatic carbocycles. The average molecular weight is 317 g/mol. The number of anilines is 3. The molecule has 9 heteroatoms. The van der Waals surface area contributed by atoms with Crippen LogP contribution in [-0.2, 0) is 11.3 Å². The van der Waals surface area contributed by atoms with Crippen molar-refractivity contribution in [2.75, 3.05) is 42.3 Å². The Hall–Kier alpha value is -2.68. The van der Waals surface area contributed by atoms with E-state index >= 15 is 0 Å². The van der Waals surface area contributed by atoms with E-state index < -0.39 is 0 Å². The third kappa shape index (κ3) is 3.95. The summed E-state index contributed by atoms with van der Waals surface area (Å²) in [4.78, 5) is 28.9. The molecule has 1 fully saturated rings. The van der Waals surface area contributed by atoms with E-state index in [4.69, 9.17) is 10.5 Å². The number of nitrogens with two attached hydrogens (primary N) is 1. The summed E-state index contributed by atoms with van der Waals surface area (Å²) in [7, 11) is 0. The number of hydrogen-bond donors (Lipinski definition) is 3. The van der Waals surface area contributed by atoms with Gasteiger partial charge in [-0.2, -0.15) is 9.97 Å². The summed E-state index contributed by atoms with van der Waals surface area (Å²) in [5.74, 6) is 2.08. The zero-order valence-corrected chi connectivity index (χ0v) is 12.9. The highest BCUT2D eigenvalue weighted by Crippen LogP contribution is 2.18. The maximum absolute atomic E-state index is 11.4. The Balaban J connectivity index is 1.74. The number of nitrogens with zero attached hydrogens (tertiary/aromatic N) is 4. The van der Waals surface area contributed by atoms with Crippen LogP contribution in [0, 0.1) is 6.92 Å². The lowest BCUT2D eigenvalue weighted by atomic mass is 10.4. The first-order chi connectivity index (χ1) is 11.1. The van der Waals surface area contributed by atoms with Gasteiger partial charge >= 0.3 is 0 Å². The molecule has 2 aromatic rings. The highest BCUT2D eigenvalue weighted by molar-refractivity contribution is 5.52. The molecule has 9 nitrogen and oxygen atoms in total. The van der Waals surface area contributed by atoms with Crippen molar-refractivity contribution in [1.82, 2.24) is 19.9 Å². The van der Waals surface area contributed by atoms with Crippen LogP contribution in [0.4, 0.5) is 17.6 Å². The van der Waals surface area contributed by atoms with E-state index in [-0.39, 0.29) is 11.5 Å². The van der Waals surface area contributed by atoms with Gasteiger partial charge in [0, 0.05) is 30.9 Å². The first-order valence-electron chi connectivity index (χ1n) is 7.38. The Labute approximate surface area is 132 Å². The molecule has 3 heterocycles. The number of rotatable bonds is 4. The molecule has 0 aromatic carbocycles. The van der Waals surface area contributed by atoms with Gasteiger partial charge in [-0.1, -0.05) is 0 Å². The quantitative estimate of drug-likeness (QED) is 0.714.